The van der Waals surface area contributed by atoms with Gasteiger partial charge in [-0.3, -0.25) is 9.36 Å². The molecule has 2 fully saturated rings. The van der Waals surface area contributed by atoms with Crippen LogP contribution in [0.15, 0.2) is 22.7 Å². The van der Waals surface area contributed by atoms with Crippen molar-refractivity contribution < 1.29 is 17.9 Å². The van der Waals surface area contributed by atoms with Crippen molar-refractivity contribution in [2.45, 2.75) is 36.5 Å². The van der Waals surface area contributed by atoms with Crippen LogP contribution in [0.2, 0.25) is 0 Å². The summed E-state index contributed by atoms with van der Waals surface area (Å²) in [5.41, 5.74) is 0. The van der Waals surface area contributed by atoms with Crippen LogP contribution in [0.4, 0.5) is 0 Å². The summed E-state index contributed by atoms with van der Waals surface area (Å²) >= 11 is 3.00. The Morgan fingerprint density at radius 2 is 2.21 bits per heavy atom. The van der Waals surface area contributed by atoms with Gasteiger partial charge in [0.25, 0.3) is 0 Å². The van der Waals surface area contributed by atoms with Gasteiger partial charge in [0.2, 0.25) is 5.91 Å². The summed E-state index contributed by atoms with van der Waals surface area (Å²) in [5.74, 6) is 1.15. The van der Waals surface area contributed by atoms with Crippen molar-refractivity contribution in [3.8, 4) is 10.7 Å². The van der Waals surface area contributed by atoms with E-state index >= 15 is 0 Å². The maximum Gasteiger partial charge on any atom is 0.233 e. The first-order valence-corrected chi connectivity index (χ1v) is 13.3. The third-order valence-electron chi connectivity index (χ3n) is 5.15. The molecule has 0 N–H and O–H groups in total. The number of hydrogen-bond acceptors (Lipinski definition) is 8. The van der Waals surface area contributed by atoms with Crippen molar-refractivity contribution in [1.29, 1.82) is 0 Å². The molecule has 1 aliphatic carbocycles. The van der Waals surface area contributed by atoms with Gasteiger partial charge < -0.3 is 9.64 Å². The number of thiophene rings is 1. The normalized spacial score (nSPS) is 20.8. The molecular weight excluding hydrogens is 432 g/mol. The molecule has 1 atom stereocenters. The van der Waals surface area contributed by atoms with Gasteiger partial charge in [0, 0.05) is 25.7 Å². The predicted octanol–water partition coefficient (Wildman–Crippen LogP) is 2.10. The van der Waals surface area contributed by atoms with Gasteiger partial charge in [-0.25, -0.2) is 8.42 Å². The zero-order valence-corrected chi connectivity index (χ0v) is 18.6. The number of nitrogens with zero attached hydrogens (tertiary/aromatic N) is 4. The molecule has 2 aromatic rings. The van der Waals surface area contributed by atoms with Crippen LogP contribution in [0, 0.1) is 0 Å². The summed E-state index contributed by atoms with van der Waals surface area (Å²) < 4.78 is 31.0. The molecule has 0 bridgehead atoms. The largest absolute Gasteiger partial charge is 0.383 e. The van der Waals surface area contributed by atoms with Gasteiger partial charge >= 0.3 is 0 Å². The van der Waals surface area contributed by atoms with Crippen molar-refractivity contribution in [2.75, 3.05) is 37.5 Å². The molecule has 1 saturated carbocycles. The van der Waals surface area contributed by atoms with Crippen molar-refractivity contribution in [1.82, 2.24) is 19.7 Å². The number of hydrogen-bond donors (Lipinski definition) is 0. The lowest BCUT2D eigenvalue weighted by Gasteiger charge is -2.28. The number of methoxy groups -OCH3 is 1. The standard InChI is InChI=1S/C18H24N4O4S3/c1-26-8-7-21(14-6-10-29(24,25)12-14)16(23)11-28-18-20-19-17(15-3-2-9-27-15)22(18)13-4-5-13/h2-3,9,13-14H,4-8,10-12H2,1H3. The van der Waals surface area contributed by atoms with Gasteiger partial charge in [0.05, 0.1) is 28.7 Å². The highest BCUT2D eigenvalue weighted by atomic mass is 32.2. The van der Waals surface area contributed by atoms with Gasteiger partial charge in [0.1, 0.15) is 0 Å². The van der Waals surface area contributed by atoms with E-state index in [0.29, 0.717) is 25.6 Å². The van der Waals surface area contributed by atoms with Crippen LogP contribution < -0.4 is 0 Å². The highest BCUT2D eigenvalue weighted by Gasteiger charge is 2.35. The van der Waals surface area contributed by atoms with E-state index in [9.17, 15) is 13.2 Å². The Labute approximate surface area is 178 Å². The van der Waals surface area contributed by atoms with E-state index < -0.39 is 9.84 Å². The lowest BCUT2D eigenvalue weighted by Crippen LogP contribution is -2.44. The van der Waals surface area contributed by atoms with Crippen molar-refractivity contribution >= 4 is 38.8 Å². The summed E-state index contributed by atoms with van der Waals surface area (Å²) in [5, 5.41) is 11.5. The number of aromatic nitrogens is 3. The molecule has 29 heavy (non-hydrogen) atoms. The zero-order chi connectivity index (χ0) is 20.4. The Bertz CT molecular complexity index is 954. The lowest BCUT2D eigenvalue weighted by atomic mass is 10.2. The van der Waals surface area contributed by atoms with Crippen LogP contribution in [-0.2, 0) is 19.4 Å². The number of sulfone groups is 1. The summed E-state index contributed by atoms with van der Waals surface area (Å²) in [6.45, 7) is 0.777. The monoisotopic (exact) mass is 456 g/mol. The second-order valence-corrected chi connectivity index (χ2v) is 11.4. The predicted molar refractivity (Wildman–Crippen MR) is 113 cm³/mol. The smallest absolute Gasteiger partial charge is 0.233 e. The summed E-state index contributed by atoms with van der Waals surface area (Å²) in [6.07, 6.45) is 2.68. The molecule has 1 aliphatic heterocycles. The number of carbonyl (C=O) groups is 1. The molecule has 8 nitrogen and oxygen atoms in total. The molecule has 4 rings (SSSR count). The van der Waals surface area contributed by atoms with Crippen LogP contribution >= 0.6 is 23.1 Å². The summed E-state index contributed by atoms with van der Waals surface area (Å²) in [7, 11) is -1.49. The Morgan fingerprint density at radius 1 is 1.38 bits per heavy atom. The zero-order valence-electron chi connectivity index (χ0n) is 16.2. The number of amides is 1. The van der Waals surface area contributed by atoms with E-state index in [-0.39, 0.29) is 29.2 Å². The second kappa shape index (κ2) is 8.75. The molecule has 2 aromatic heterocycles. The third kappa shape index (κ3) is 4.84. The number of carbonyl (C=O) groups excluding carboxylic acids is 1. The maximum atomic E-state index is 13.0. The molecule has 1 unspecified atom stereocenters. The van der Waals surface area contributed by atoms with E-state index in [0.717, 1.165) is 28.7 Å². The second-order valence-electron chi connectivity index (χ2n) is 7.31. The average Bonchev–Trinajstić information content (AvgIpc) is 3.08. The molecule has 11 heteroatoms. The minimum absolute atomic E-state index is 0.0356. The molecule has 0 aromatic carbocycles. The van der Waals surface area contributed by atoms with Crippen LogP contribution in [-0.4, -0.2) is 77.6 Å². The van der Waals surface area contributed by atoms with E-state index in [4.69, 9.17) is 4.74 Å². The van der Waals surface area contributed by atoms with Gasteiger partial charge in [-0.05, 0) is 30.7 Å². The SMILES string of the molecule is COCCN(C(=O)CSc1nnc(-c2cccs2)n1C1CC1)C1CCS(=O)(=O)C1. The quantitative estimate of drug-likeness (QED) is 0.533. The Kier molecular flexibility index (Phi) is 6.28. The van der Waals surface area contributed by atoms with Crippen LogP contribution in [0.5, 0.6) is 0 Å². The molecule has 0 radical (unpaired) electrons. The molecule has 1 amide bonds. The minimum Gasteiger partial charge on any atom is -0.383 e. The molecule has 3 heterocycles. The number of ether oxygens (including phenoxy) is 1. The van der Waals surface area contributed by atoms with Gasteiger partial charge in [-0.2, -0.15) is 0 Å². The van der Waals surface area contributed by atoms with E-state index in [2.05, 4.69) is 14.8 Å². The highest BCUT2D eigenvalue weighted by Crippen LogP contribution is 2.41. The number of rotatable bonds is 9. The highest BCUT2D eigenvalue weighted by molar-refractivity contribution is 7.99. The van der Waals surface area contributed by atoms with Crippen LogP contribution in [0.3, 0.4) is 0 Å². The lowest BCUT2D eigenvalue weighted by molar-refractivity contribution is -0.130. The molecule has 158 valence electrons. The van der Waals surface area contributed by atoms with Crippen molar-refractivity contribution in [3.05, 3.63) is 17.5 Å². The van der Waals surface area contributed by atoms with Crippen LogP contribution in [0.25, 0.3) is 10.7 Å². The Balaban J connectivity index is 1.46. The topological polar surface area (TPSA) is 94.4 Å². The fourth-order valence-electron chi connectivity index (χ4n) is 3.54. The van der Waals surface area contributed by atoms with Gasteiger partial charge in [0.15, 0.2) is 20.8 Å². The van der Waals surface area contributed by atoms with Gasteiger partial charge in [-0.1, -0.05) is 17.8 Å². The fourth-order valence-corrected chi connectivity index (χ4v) is 6.87. The minimum atomic E-state index is -3.06. The maximum absolute atomic E-state index is 13.0. The Morgan fingerprint density at radius 3 is 2.83 bits per heavy atom. The van der Waals surface area contributed by atoms with E-state index in [1.165, 1.54) is 11.8 Å². The van der Waals surface area contributed by atoms with Crippen molar-refractivity contribution in [2.24, 2.45) is 0 Å². The fraction of sp³-hybridized carbons (Fsp3) is 0.611. The van der Waals surface area contributed by atoms with E-state index in [1.54, 1.807) is 23.3 Å². The number of thioether (sulfide) groups is 1. The molecule has 1 saturated heterocycles. The van der Waals surface area contributed by atoms with Gasteiger partial charge in [-0.15, -0.1) is 21.5 Å². The molecule has 0 spiro atoms. The Hall–Kier alpha value is -1.43. The third-order valence-corrected chi connectivity index (χ3v) is 8.69. The van der Waals surface area contributed by atoms with Crippen molar-refractivity contribution in [3.63, 3.8) is 0 Å². The first-order chi connectivity index (χ1) is 14.0. The first-order valence-electron chi connectivity index (χ1n) is 9.59. The summed E-state index contributed by atoms with van der Waals surface area (Å²) in [6, 6.07) is 4.14. The average molecular weight is 457 g/mol. The summed E-state index contributed by atoms with van der Waals surface area (Å²) in [4.78, 5) is 15.7. The first kappa shape index (κ1) is 20.8. The molecular formula is C18H24N4O4S3. The molecule has 2 aliphatic rings. The van der Waals surface area contributed by atoms with E-state index in [1.807, 2.05) is 17.5 Å². The van der Waals surface area contributed by atoms with Crippen LogP contribution in [0.1, 0.15) is 25.3 Å².